The maximum atomic E-state index is 13.7. The summed E-state index contributed by atoms with van der Waals surface area (Å²) >= 11 is 0. The summed E-state index contributed by atoms with van der Waals surface area (Å²) in [5.74, 6) is -0.599. The molecule has 1 N–H and O–H groups in total. The molecule has 0 aliphatic carbocycles. The van der Waals surface area contributed by atoms with Crippen LogP contribution in [0.25, 0.3) is 0 Å². The van der Waals surface area contributed by atoms with E-state index in [1.54, 1.807) is 17.0 Å². The van der Waals surface area contributed by atoms with Crippen molar-refractivity contribution >= 4 is 11.8 Å². The van der Waals surface area contributed by atoms with Crippen LogP contribution in [-0.4, -0.2) is 28.8 Å². The molecule has 0 aliphatic heterocycles. The molecule has 3 aromatic carbocycles. The van der Waals surface area contributed by atoms with Crippen LogP contribution in [0.3, 0.4) is 0 Å². The molecule has 36 heavy (non-hydrogen) atoms. The average molecular weight is 489 g/mol. The van der Waals surface area contributed by atoms with E-state index in [0.29, 0.717) is 12.8 Å². The highest BCUT2D eigenvalue weighted by Crippen LogP contribution is 2.18. The number of nitrogens with zero attached hydrogens (tertiary/aromatic N) is 1. The van der Waals surface area contributed by atoms with E-state index in [9.17, 15) is 14.0 Å². The minimum atomic E-state index is -0.679. The van der Waals surface area contributed by atoms with Crippen molar-refractivity contribution in [2.24, 2.45) is 0 Å². The van der Waals surface area contributed by atoms with Gasteiger partial charge in [0.2, 0.25) is 11.8 Å². The smallest absolute Gasteiger partial charge is 0.243 e. The Morgan fingerprint density at radius 1 is 0.833 bits per heavy atom. The van der Waals surface area contributed by atoms with E-state index in [0.717, 1.165) is 29.5 Å². The number of nitrogens with one attached hydrogen (secondary N) is 1. The second-order valence-electron chi connectivity index (χ2n) is 9.34. The number of halogens is 1. The zero-order valence-electron chi connectivity index (χ0n) is 21.5. The predicted molar refractivity (Wildman–Crippen MR) is 143 cm³/mol. The number of hydrogen-bond donors (Lipinski definition) is 1. The second-order valence-corrected chi connectivity index (χ2v) is 9.34. The first kappa shape index (κ1) is 27.1. The second kappa shape index (κ2) is 13.6. The zero-order chi connectivity index (χ0) is 25.9. The van der Waals surface area contributed by atoms with E-state index < -0.39 is 6.04 Å². The average Bonchev–Trinajstić information content (AvgIpc) is 2.91. The van der Waals surface area contributed by atoms with Crippen molar-refractivity contribution in [3.63, 3.8) is 0 Å². The van der Waals surface area contributed by atoms with Crippen LogP contribution in [0.1, 0.15) is 55.9 Å². The highest BCUT2D eigenvalue weighted by molar-refractivity contribution is 5.88. The quantitative estimate of drug-likeness (QED) is 0.346. The molecule has 0 spiro atoms. The van der Waals surface area contributed by atoms with Crippen molar-refractivity contribution < 1.29 is 14.0 Å². The topological polar surface area (TPSA) is 49.4 Å². The fourth-order valence-electron chi connectivity index (χ4n) is 4.12. The molecule has 0 heterocycles. The molecule has 5 heteroatoms. The first-order valence-corrected chi connectivity index (χ1v) is 12.9. The molecule has 190 valence electrons. The normalized spacial score (nSPS) is 12.6. The Bertz CT molecular complexity index is 1100. The Kier molecular flexibility index (Phi) is 10.2. The van der Waals surface area contributed by atoms with Crippen molar-refractivity contribution in [3.8, 4) is 0 Å². The van der Waals surface area contributed by atoms with Crippen LogP contribution in [0.2, 0.25) is 0 Å². The largest absolute Gasteiger partial charge is 0.352 e. The lowest BCUT2D eigenvalue weighted by Gasteiger charge is -2.32. The number of carbonyl (C=O) groups excluding carboxylic acids is 2. The van der Waals surface area contributed by atoms with Crippen LogP contribution < -0.4 is 5.32 Å². The van der Waals surface area contributed by atoms with Crippen molar-refractivity contribution in [2.45, 2.75) is 71.5 Å². The Labute approximate surface area is 214 Å². The van der Waals surface area contributed by atoms with Gasteiger partial charge in [-0.3, -0.25) is 9.59 Å². The molecule has 0 unspecified atom stereocenters. The van der Waals surface area contributed by atoms with Crippen molar-refractivity contribution in [2.75, 3.05) is 0 Å². The van der Waals surface area contributed by atoms with Crippen LogP contribution in [0, 0.1) is 5.82 Å². The third kappa shape index (κ3) is 8.04. The van der Waals surface area contributed by atoms with E-state index in [-0.39, 0.29) is 36.6 Å². The van der Waals surface area contributed by atoms with E-state index in [2.05, 4.69) is 36.5 Å². The zero-order valence-corrected chi connectivity index (χ0v) is 21.5. The van der Waals surface area contributed by atoms with Gasteiger partial charge in [0.05, 0.1) is 0 Å². The summed E-state index contributed by atoms with van der Waals surface area (Å²) in [4.78, 5) is 28.8. The first-order chi connectivity index (χ1) is 17.4. The molecular weight excluding hydrogens is 451 g/mol. The summed E-state index contributed by atoms with van der Waals surface area (Å²) in [5, 5.41) is 3.07. The van der Waals surface area contributed by atoms with Gasteiger partial charge in [0.1, 0.15) is 11.9 Å². The van der Waals surface area contributed by atoms with Crippen LogP contribution in [0.15, 0.2) is 78.9 Å². The highest BCUT2D eigenvalue weighted by Gasteiger charge is 2.30. The summed E-state index contributed by atoms with van der Waals surface area (Å²) < 4.78 is 13.6. The molecule has 3 aromatic rings. The summed E-state index contributed by atoms with van der Waals surface area (Å²) in [6.07, 6.45) is 3.05. The number of hydrogen-bond acceptors (Lipinski definition) is 2. The molecular formula is C31H37FN2O2. The fourth-order valence-corrected chi connectivity index (χ4v) is 4.12. The third-order valence-electron chi connectivity index (χ3n) is 6.60. The lowest BCUT2D eigenvalue weighted by Crippen LogP contribution is -2.52. The number of benzene rings is 3. The van der Waals surface area contributed by atoms with Gasteiger partial charge < -0.3 is 10.2 Å². The predicted octanol–water partition coefficient (Wildman–Crippen LogP) is 5.88. The molecule has 2 atom stereocenters. The molecule has 0 radical (unpaired) electrons. The van der Waals surface area contributed by atoms with Gasteiger partial charge in [-0.15, -0.1) is 0 Å². The number of rotatable bonds is 12. The Hall–Kier alpha value is -3.47. The number of amides is 2. The van der Waals surface area contributed by atoms with E-state index in [1.165, 1.54) is 17.7 Å². The Balaban J connectivity index is 1.88. The van der Waals surface area contributed by atoms with Crippen LogP contribution in [-0.2, 0) is 35.4 Å². The van der Waals surface area contributed by atoms with Gasteiger partial charge in [-0.25, -0.2) is 4.39 Å². The number of aryl methyl sites for hydroxylation is 2. The van der Waals surface area contributed by atoms with Gasteiger partial charge in [-0.1, -0.05) is 80.6 Å². The molecule has 0 bridgehead atoms. The summed E-state index contributed by atoms with van der Waals surface area (Å²) in [6, 6.07) is 23.5. The van der Waals surface area contributed by atoms with Gasteiger partial charge in [-0.05, 0) is 60.6 Å². The minimum absolute atomic E-state index is 0.00405. The van der Waals surface area contributed by atoms with Crippen LogP contribution in [0.4, 0.5) is 4.39 Å². The standard InChI is InChI=1S/C31H37FN2O2/c1-4-23(3)33-31(36)29(21-26-9-7-6-8-10-26)34(22-27-15-18-28(32)19-16-27)30(35)20-17-25-13-11-24(5-2)12-14-25/h6-16,18-19,23,29H,4-5,17,20-22H2,1-3H3,(H,33,36)/t23-,29-/m1/s1. The summed E-state index contributed by atoms with van der Waals surface area (Å²) in [7, 11) is 0. The van der Waals surface area contributed by atoms with E-state index >= 15 is 0 Å². The van der Waals surface area contributed by atoms with Crippen LogP contribution in [0.5, 0.6) is 0 Å². The van der Waals surface area contributed by atoms with Crippen molar-refractivity contribution in [1.82, 2.24) is 10.2 Å². The molecule has 0 fully saturated rings. The highest BCUT2D eigenvalue weighted by atomic mass is 19.1. The Morgan fingerprint density at radius 2 is 1.44 bits per heavy atom. The van der Waals surface area contributed by atoms with Gasteiger partial charge in [0, 0.05) is 25.4 Å². The maximum Gasteiger partial charge on any atom is 0.243 e. The van der Waals surface area contributed by atoms with Crippen molar-refractivity contribution in [1.29, 1.82) is 0 Å². The number of carbonyl (C=O) groups is 2. The lowest BCUT2D eigenvalue weighted by atomic mass is 10.0. The first-order valence-electron chi connectivity index (χ1n) is 12.9. The summed E-state index contributed by atoms with van der Waals surface area (Å²) in [6.45, 7) is 6.33. The monoisotopic (exact) mass is 488 g/mol. The summed E-state index contributed by atoms with van der Waals surface area (Å²) in [5.41, 5.74) is 4.11. The molecule has 4 nitrogen and oxygen atoms in total. The maximum absolute atomic E-state index is 13.7. The third-order valence-corrected chi connectivity index (χ3v) is 6.60. The molecule has 0 aliphatic rings. The van der Waals surface area contributed by atoms with Gasteiger partial charge >= 0.3 is 0 Å². The van der Waals surface area contributed by atoms with Gasteiger partial charge in [0.15, 0.2) is 0 Å². The van der Waals surface area contributed by atoms with Gasteiger partial charge in [-0.2, -0.15) is 0 Å². The van der Waals surface area contributed by atoms with Crippen molar-refractivity contribution in [3.05, 3.63) is 107 Å². The van der Waals surface area contributed by atoms with Gasteiger partial charge in [0.25, 0.3) is 0 Å². The Morgan fingerprint density at radius 3 is 2.06 bits per heavy atom. The van der Waals surface area contributed by atoms with E-state index in [4.69, 9.17) is 0 Å². The van der Waals surface area contributed by atoms with E-state index in [1.807, 2.05) is 44.2 Å². The minimum Gasteiger partial charge on any atom is -0.352 e. The molecule has 0 aromatic heterocycles. The SMILES string of the molecule is CCc1ccc(CCC(=O)N(Cc2ccc(F)cc2)[C@H](Cc2ccccc2)C(=O)N[C@H](C)CC)cc1. The van der Waals surface area contributed by atoms with Crippen LogP contribution >= 0.6 is 0 Å². The molecule has 2 amide bonds. The lowest BCUT2D eigenvalue weighted by molar-refractivity contribution is -0.141. The molecule has 3 rings (SSSR count). The molecule has 0 saturated heterocycles. The fraction of sp³-hybridized carbons (Fsp3) is 0.355. The molecule has 0 saturated carbocycles.